The van der Waals surface area contributed by atoms with E-state index in [4.69, 9.17) is 11.6 Å². The Balaban J connectivity index is 1.36. The Morgan fingerprint density at radius 1 is 1.08 bits per heavy atom. The Morgan fingerprint density at radius 3 is 2.51 bits per heavy atom. The number of aliphatic hydroxyl groups is 1. The third kappa shape index (κ3) is 5.01. The molecule has 10 heteroatoms. The van der Waals surface area contributed by atoms with Gasteiger partial charge in [0.25, 0.3) is 10.0 Å². The molecule has 5 rings (SSSR count). The van der Waals surface area contributed by atoms with Crippen molar-refractivity contribution in [3.8, 4) is 11.3 Å². The number of rotatable bonds is 7. The van der Waals surface area contributed by atoms with Crippen LogP contribution < -0.4 is 5.32 Å². The molecular weight excluding hydrogens is 512 g/mol. The number of hydrogen-bond donors (Lipinski definition) is 2. The number of aliphatic hydroxyl groups excluding tert-OH is 1. The molecule has 3 heterocycles. The van der Waals surface area contributed by atoms with Gasteiger partial charge in [0.1, 0.15) is 5.82 Å². The van der Waals surface area contributed by atoms with Crippen LogP contribution in [0.4, 0.5) is 5.82 Å². The van der Waals surface area contributed by atoms with Crippen LogP contribution in [-0.4, -0.2) is 52.9 Å². The summed E-state index contributed by atoms with van der Waals surface area (Å²) in [6.07, 6.45) is 6.28. The average molecular weight is 541 g/mol. The molecule has 8 nitrogen and oxygen atoms in total. The molecule has 0 bridgehead atoms. The first-order chi connectivity index (χ1) is 17.8. The molecule has 1 atom stereocenters. The summed E-state index contributed by atoms with van der Waals surface area (Å²) in [5, 5.41) is 13.1. The first-order valence-electron chi connectivity index (χ1n) is 12.5. The monoisotopic (exact) mass is 540 g/mol. The summed E-state index contributed by atoms with van der Waals surface area (Å²) in [5.41, 5.74) is 1.52. The predicted molar refractivity (Wildman–Crippen MR) is 142 cm³/mol. The molecule has 1 aromatic carbocycles. The zero-order valence-electron chi connectivity index (χ0n) is 20.3. The Morgan fingerprint density at radius 2 is 1.84 bits per heavy atom. The Bertz CT molecular complexity index is 1370. The fourth-order valence-electron chi connectivity index (χ4n) is 5.41. The summed E-state index contributed by atoms with van der Waals surface area (Å²) < 4.78 is 27.3. The number of aromatic nitrogens is 2. The zero-order valence-corrected chi connectivity index (χ0v) is 21.9. The number of pyridine rings is 2. The third-order valence-electron chi connectivity index (χ3n) is 7.42. The topological polar surface area (TPSA) is 112 Å². The van der Waals surface area contributed by atoms with Crippen molar-refractivity contribution in [2.45, 2.75) is 55.0 Å². The highest BCUT2D eigenvalue weighted by Crippen LogP contribution is 2.42. The second-order valence-corrected chi connectivity index (χ2v) is 11.9. The highest BCUT2D eigenvalue weighted by molar-refractivity contribution is 7.89. The molecule has 194 valence electrons. The summed E-state index contributed by atoms with van der Waals surface area (Å²) >= 11 is 6.07. The molecule has 1 amide bonds. The summed E-state index contributed by atoms with van der Waals surface area (Å²) in [4.78, 5) is 22.3. The molecule has 37 heavy (non-hydrogen) atoms. The molecule has 0 unspecified atom stereocenters. The standard InChI is InChI=1S/C27H29ClN4O4S/c28-21-11-9-20(10-12-21)27(14-1-2-15-27)26(34)31-24-7-3-6-23(30-24)19-8-13-25(29-17-19)37(35,36)32-16-4-5-22(32)18-33/h3,6-13,17,22,33H,1-2,4-5,14-16,18H2,(H,30,31,34)/t22-/m1/s1. The first-order valence-corrected chi connectivity index (χ1v) is 14.3. The lowest BCUT2D eigenvalue weighted by Gasteiger charge is -2.28. The number of halogens is 1. The summed E-state index contributed by atoms with van der Waals surface area (Å²) in [7, 11) is -3.79. The van der Waals surface area contributed by atoms with Gasteiger partial charge in [-0.15, -0.1) is 0 Å². The molecular formula is C27H29ClN4O4S. The number of hydrogen-bond acceptors (Lipinski definition) is 6. The van der Waals surface area contributed by atoms with Crippen LogP contribution in [0.3, 0.4) is 0 Å². The minimum absolute atomic E-state index is 0.0628. The Labute approximate surface area is 221 Å². The number of anilines is 1. The third-order valence-corrected chi connectivity index (χ3v) is 9.54. The van der Waals surface area contributed by atoms with E-state index in [1.54, 1.807) is 24.3 Å². The van der Waals surface area contributed by atoms with Crippen molar-refractivity contribution in [3.05, 3.63) is 71.4 Å². The summed E-state index contributed by atoms with van der Waals surface area (Å²) in [5.74, 6) is 0.322. The molecule has 2 N–H and O–H groups in total. The number of carbonyl (C=O) groups excluding carboxylic acids is 1. The molecule has 1 aliphatic carbocycles. The quantitative estimate of drug-likeness (QED) is 0.459. The van der Waals surface area contributed by atoms with Crippen LogP contribution in [0.25, 0.3) is 11.3 Å². The van der Waals surface area contributed by atoms with Crippen LogP contribution in [0.2, 0.25) is 5.02 Å². The van der Waals surface area contributed by atoms with Crippen molar-refractivity contribution in [2.75, 3.05) is 18.5 Å². The molecule has 3 aromatic rings. The van der Waals surface area contributed by atoms with Gasteiger partial charge in [-0.2, -0.15) is 4.31 Å². The van der Waals surface area contributed by atoms with Gasteiger partial charge in [-0.3, -0.25) is 4.79 Å². The summed E-state index contributed by atoms with van der Waals surface area (Å²) in [6, 6.07) is 15.5. The lowest BCUT2D eigenvalue weighted by molar-refractivity contribution is -0.121. The van der Waals surface area contributed by atoms with Gasteiger partial charge in [0.15, 0.2) is 5.03 Å². The first kappa shape index (κ1) is 25.8. The van der Waals surface area contributed by atoms with Crippen molar-refractivity contribution in [3.63, 3.8) is 0 Å². The van der Waals surface area contributed by atoms with Gasteiger partial charge in [-0.25, -0.2) is 18.4 Å². The molecule has 0 radical (unpaired) electrons. The van der Waals surface area contributed by atoms with Crippen molar-refractivity contribution < 1.29 is 18.3 Å². The van der Waals surface area contributed by atoms with E-state index < -0.39 is 21.5 Å². The van der Waals surface area contributed by atoms with Crippen LogP contribution in [0.5, 0.6) is 0 Å². The largest absolute Gasteiger partial charge is 0.395 e. The lowest BCUT2D eigenvalue weighted by atomic mass is 9.78. The van der Waals surface area contributed by atoms with E-state index in [9.17, 15) is 18.3 Å². The number of nitrogens with zero attached hydrogens (tertiary/aromatic N) is 3. The van der Waals surface area contributed by atoms with E-state index in [0.717, 1.165) is 31.2 Å². The predicted octanol–water partition coefficient (Wildman–Crippen LogP) is 4.39. The lowest BCUT2D eigenvalue weighted by Crippen LogP contribution is -2.38. The molecule has 1 aliphatic heterocycles. The minimum Gasteiger partial charge on any atom is -0.395 e. The van der Waals surface area contributed by atoms with Gasteiger partial charge in [-0.1, -0.05) is 42.6 Å². The maximum Gasteiger partial charge on any atom is 0.260 e. The SMILES string of the molecule is O=C(Nc1cccc(-c2ccc(S(=O)(=O)N3CCC[C@@H]3CO)nc2)n1)C1(c2ccc(Cl)cc2)CCCC1. The Hall–Kier alpha value is -2.85. The van der Waals surface area contributed by atoms with Crippen LogP contribution in [0, 0.1) is 0 Å². The average Bonchev–Trinajstić information content (AvgIpc) is 3.60. The minimum atomic E-state index is -3.79. The van der Waals surface area contributed by atoms with Crippen LogP contribution in [0.1, 0.15) is 44.1 Å². The van der Waals surface area contributed by atoms with Crippen molar-refractivity contribution in [1.29, 1.82) is 0 Å². The molecule has 2 fully saturated rings. The van der Waals surface area contributed by atoms with E-state index in [1.807, 2.05) is 24.3 Å². The van der Waals surface area contributed by atoms with Gasteiger partial charge < -0.3 is 10.4 Å². The summed E-state index contributed by atoms with van der Waals surface area (Å²) in [6.45, 7) is 0.164. The van der Waals surface area contributed by atoms with Gasteiger partial charge in [0.05, 0.1) is 17.7 Å². The number of amides is 1. The maximum atomic E-state index is 13.5. The van der Waals surface area contributed by atoms with E-state index in [0.29, 0.717) is 41.5 Å². The van der Waals surface area contributed by atoms with E-state index in [1.165, 1.54) is 16.6 Å². The van der Waals surface area contributed by atoms with Gasteiger partial charge in [0, 0.05) is 29.4 Å². The maximum absolute atomic E-state index is 13.5. The van der Waals surface area contributed by atoms with Crippen LogP contribution in [0.15, 0.2) is 65.8 Å². The van der Waals surface area contributed by atoms with Gasteiger partial charge >= 0.3 is 0 Å². The zero-order chi connectivity index (χ0) is 26.0. The van der Waals surface area contributed by atoms with Gasteiger partial charge in [-0.05, 0) is 67.6 Å². The smallest absolute Gasteiger partial charge is 0.260 e. The number of sulfonamides is 1. The van der Waals surface area contributed by atoms with Crippen molar-refractivity contribution in [1.82, 2.24) is 14.3 Å². The van der Waals surface area contributed by atoms with E-state index in [2.05, 4.69) is 15.3 Å². The van der Waals surface area contributed by atoms with Crippen molar-refractivity contribution >= 4 is 33.3 Å². The highest BCUT2D eigenvalue weighted by atomic mass is 35.5. The van der Waals surface area contributed by atoms with E-state index in [-0.39, 0.29) is 17.5 Å². The second kappa shape index (κ2) is 10.5. The molecule has 0 spiro atoms. The molecule has 2 aromatic heterocycles. The normalized spacial score (nSPS) is 19.7. The number of carbonyl (C=O) groups is 1. The van der Waals surface area contributed by atoms with Crippen LogP contribution in [-0.2, 0) is 20.2 Å². The van der Waals surface area contributed by atoms with Crippen molar-refractivity contribution in [2.24, 2.45) is 0 Å². The molecule has 1 saturated carbocycles. The van der Waals surface area contributed by atoms with Gasteiger partial charge in [0.2, 0.25) is 5.91 Å². The fraction of sp³-hybridized carbons (Fsp3) is 0.370. The second-order valence-electron chi connectivity index (χ2n) is 9.64. The molecule has 1 saturated heterocycles. The fourth-order valence-corrected chi connectivity index (χ4v) is 7.13. The Kier molecular flexibility index (Phi) is 7.31. The number of benzene rings is 1. The van der Waals surface area contributed by atoms with E-state index >= 15 is 0 Å². The highest BCUT2D eigenvalue weighted by Gasteiger charge is 2.43. The number of nitrogens with one attached hydrogen (secondary N) is 1. The van der Waals surface area contributed by atoms with Crippen LogP contribution >= 0.6 is 11.6 Å². The molecule has 2 aliphatic rings.